The predicted molar refractivity (Wildman–Crippen MR) is 87.1 cm³/mol. The largest absolute Gasteiger partial charge is 0.490 e. The Morgan fingerprint density at radius 2 is 1.71 bits per heavy atom. The van der Waals surface area contributed by atoms with E-state index >= 15 is 0 Å². The summed E-state index contributed by atoms with van der Waals surface area (Å²) < 4.78 is 5.89. The molecule has 2 aromatic rings. The molecule has 0 atom stereocenters. The summed E-state index contributed by atoms with van der Waals surface area (Å²) in [6.45, 7) is 10.1. The summed E-state index contributed by atoms with van der Waals surface area (Å²) >= 11 is 6.28. The van der Waals surface area contributed by atoms with Gasteiger partial charge in [-0.05, 0) is 32.9 Å². The second-order valence-corrected chi connectivity index (χ2v) is 6.02. The van der Waals surface area contributed by atoms with Crippen LogP contribution in [0.4, 0.5) is 0 Å². The Morgan fingerprint density at radius 3 is 2.33 bits per heavy atom. The number of nitrogens with zero attached hydrogens (tertiary/aromatic N) is 2. The first kappa shape index (κ1) is 15.8. The van der Waals surface area contributed by atoms with E-state index in [1.54, 1.807) is 0 Å². The first-order chi connectivity index (χ1) is 9.90. The molecule has 2 rings (SSSR count). The van der Waals surface area contributed by atoms with Crippen LogP contribution in [0.15, 0.2) is 24.3 Å². The molecule has 1 aromatic heterocycles. The molecule has 0 aliphatic carbocycles. The highest BCUT2D eigenvalue weighted by Gasteiger charge is 2.16. The van der Waals surface area contributed by atoms with E-state index in [9.17, 15) is 0 Å². The summed E-state index contributed by atoms with van der Waals surface area (Å²) in [6.07, 6.45) is 0.105. The molecule has 0 amide bonds. The number of hydrogen-bond acceptors (Lipinski definition) is 3. The van der Waals surface area contributed by atoms with Gasteiger partial charge in [0.1, 0.15) is 16.7 Å². The van der Waals surface area contributed by atoms with Gasteiger partial charge in [-0.3, -0.25) is 0 Å². The van der Waals surface area contributed by atoms with Crippen LogP contribution in [0, 0.1) is 6.92 Å². The molecule has 112 valence electrons. The van der Waals surface area contributed by atoms with Gasteiger partial charge in [0.2, 0.25) is 0 Å². The molecular weight excluding hydrogens is 284 g/mol. The maximum absolute atomic E-state index is 6.28. The summed E-state index contributed by atoms with van der Waals surface area (Å²) in [6, 6.07) is 7.91. The molecule has 0 spiro atoms. The molecular formula is C17H21ClN2O. The molecule has 1 heterocycles. The van der Waals surface area contributed by atoms with Gasteiger partial charge in [0.25, 0.3) is 0 Å². The van der Waals surface area contributed by atoms with Crippen LogP contribution in [0.1, 0.15) is 45.0 Å². The molecule has 0 unspecified atom stereocenters. The van der Waals surface area contributed by atoms with Crippen LogP contribution in [-0.2, 0) is 0 Å². The molecule has 1 aromatic carbocycles. The molecule has 0 bridgehead atoms. The summed E-state index contributed by atoms with van der Waals surface area (Å²) in [4.78, 5) is 9.06. The van der Waals surface area contributed by atoms with E-state index in [1.807, 2.05) is 45.0 Å². The fourth-order valence-electron chi connectivity index (χ4n) is 2.04. The van der Waals surface area contributed by atoms with Crippen molar-refractivity contribution in [3.05, 3.63) is 40.8 Å². The normalized spacial score (nSPS) is 11.2. The number of halogens is 1. The van der Waals surface area contributed by atoms with E-state index in [-0.39, 0.29) is 12.0 Å². The van der Waals surface area contributed by atoms with Crippen LogP contribution in [0.2, 0.25) is 5.15 Å². The first-order valence-corrected chi connectivity index (χ1v) is 7.58. The van der Waals surface area contributed by atoms with Crippen LogP contribution < -0.4 is 4.74 Å². The van der Waals surface area contributed by atoms with E-state index in [0.717, 1.165) is 28.4 Å². The average molecular weight is 305 g/mol. The lowest BCUT2D eigenvalue weighted by Gasteiger charge is -2.16. The quantitative estimate of drug-likeness (QED) is 0.744. The number of ether oxygens (including phenoxy) is 1. The van der Waals surface area contributed by atoms with Crippen LogP contribution in [0.3, 0.4) is 0 Å². The molecule has 0 saturated heterocycles. The van der Waals surface area contributed by atoms with Crippen LogP contribution in [0.25, 0.3) is 11.3 Å². The number of hydrogen-bond donors (Lipinski definition) is 0. The van der Waals surface area contributed by atoms with Crippen molar-refractivity contribution in [3.63, 3.8) is 0 Å². The van der Waals surface area contributed by atoms with Crippen LogP contribution >= 0.6 is 11.6 Å². The standard InChI is InChI=1S/C17H21ClN2O/c1-10(2)17-19-15(12(5)16(18)20-17)13-8-6-7-9-14(13)21-11(3)4/h6-11H,1-5H3. The van der Waals surface area contributed by atoms with Crippen molar-refractivity contribution in [1.82, 2.24) is 9.97 Å². The number of benzene rings is 1. The fourth-order valence-corrected chi connectivity index (χ4v) is 2.22. The van der Waals surface area contributed by atoms with Crippen molar-refractivity contribution in [1.29, 1.82) is 0 Å². The second-order valence-electron chi connectivity index (χ2n) is 5.66. The van der Waals surface area contributed by atoms with Gasteiger partial charge < -0.3 is 4.74 Å². The van der Waals surface area contributed by atoms with Gasteiger partial charge in [0.15, 0.2) is 0 Å². The first-order valence-electron chi connectivity index (χ1n) is 7.20. The minimum Gasteiger partial charge on any atom is -0.490 e. The van der Waals surface area contributed by atoms with E-state index in [1.165, 1.54) is 0 Å². The van der Waals surface area contributed by atoms with Crippen molar-refractivity contribution in [2.75, 3.05) is 0 Å². The fraction of sp³-hybridized carbons (Fsp3) is 0.412. The van der Waals surface area contributed by atoms with Gasteiger partial charge in [-0.1, -0.05) is 37.6 Å². The highest BCUT2D eigenvalue weighted by Crippen LogP contribution is 2.34. The summed E-state index contributed by atoms with van der Waals surface area (Å²) in [7, 11) is 0. The summed E-state index contributed by atoms with van der Waals surface area (Å²) in [5.74, 6) is 1.79. The highest BCUT2D eigenvalue weighted by atomic mass is 35.5. The van der Waals surface area contributed by atoms with Crippen molar-refractivity contribution >= 4 is 11.6 Å². The smallest absolute Gasteiger partial charge is 0.136 e. The minimum atomic E-state index is 0.105. The second kappa shape index (κ2) is 6.44. The third kappa shape index (κ3) is 3.53. The van der Waals surface area contributed by atoms with E-state index in [4.69, 9.17) is 21.3 Å². The number of aromatic nitrogens is 2. The molecule has 0 N–H and O–H groups in total. The maximum atomic E-state index is 6.28. The average Bonchev–Trinajstić information content (AvgIpc) is 2.41. The molecule has 0 fully saturated rings. The van der Waals surface area contributed by atoms with Crippen molar-refractivity contribution in [2.45, 2.75) is 46.6 Å². The lowest BCUT2D eigenvalue weighted by atomic mass is 10.1. The zero-order chi connectivity index (χ0) is 15.6. The Balaban J connectivity index is 2.61. The predicted octanol–water partition coefficient (Wildman–Crippen LogP) is 5.02. The Labute approximate surface area is 131 Å². The van der Waals surface area contributed by atoms with Crippen molar-refractivity contribution < 1.29 is 4.74 Å². The van der Waals surface area contributed by atoms with Crippen LogP contribution in [0.5, 0.6) is 5.75 Å². The summed E-state index contributed by atoms with van der Waals surface area (Å²) in [5.41, 5.74) is 2.67. The van der Waals surface area contributed by atoms with Gasteiger partial charge in [-0.25, -0.2) is 9.97 Å². The monoisotopic (exact) mass is 304 g/mol. The van der Waals surface area contributed by atoms with Crippen molar-refractivity contribution in [2.24, 2.45) is 0 Å². The number of para-hydroxylation sites is 1. The van der Waals surface area contributed by atoms with Gasteiger partial charge in [0.05, 0.1) is 11.8 Å². The molecule has 0 saturated carbocycles. The third-order valence-corrected chi connectivity index (χ3v) is 3.49. The molecule has 0 aliphatic rings. The van der Waals surface area contributed by atoms with Gasteiger partial charge in [-0.2, -0.15) is 0 Å². The van der Waals surface area contributed by atoms with Gasteiger partial charge in [-0.15, -0.1) is 0 Å². The zero-order valence-electron chi connectivity index (χ0n) is 13.1. The van der Waals surface area contributed by atoms with Crippen LogP contribution in [-0.4, -0.2) is 16.1 Å². The summed E-state index contributed by atoms with van der Waals surface area (Å²) in [5, 5.41) is 0.503. The Morgan fingerprint density at radius 1 is 1.05 bits per heavy atom. The SMILES string of the molecule is Cc1c(Cl)nc(C(C)C)nc1-c1ccccc1OC(C)C. The number of rotatable bonds is 4. The maximum Gasteiger partial charge on any atom is 0.136 e. The minimum absolute atomic E-state index is 0.105. The molecule has 21 heavy (non-hydrogen) atoms. The molecule has 0 radical (unpaired) electrons. The Bertz CT molecular complexity index is 639. The Kier molecular flexibility index (Phi) is 4.84. The van der Waals surface area contributed by atoms with Crippen molar-refractivity contribution in [3.8, 4) is 17.0 Å². The highest BCUT2D eigenvalue weighted by molar-refractivity contribution is 6.30. The molecule has 3 nitrogen and oxygen atoms in total. The van der Waals surface area contributed by atoms with E-state index in [2.05, 4.69) is 18.8 Å². The zero-order valence-corrected chi connectivity index (χ0v) is 13.9. The Hall–Kier alpha value is -1.61. The lowest BCUT2D eigenvalue weighted by molar-refractivity contribution is 0.243. The third-order valence-electron chi connectivity index (χ3n) is 3.12. The van der Waals surface area contributed by atoms with E-state index < -0.39 is 0 Å². The lowest BCUT2D eigenvalue weighted by Crippen LogP contribution is -2.08. The molecule has 4 heteroatoms. The van der Waals surface area contributed by atoms with Gasteiger partial charge in [0, 0.05) is 17.0 Å². The van der Waals surface area contributed by atoms with Gasteiger partial charge >= 0.3 is 0 Å². The van der Waals surface area contributed by atoms with E-state index in [0.29, 0.717) is 5.15 Å². The topological polar surface area (TPSA) is 35.0 Å². The molecule has 0 aliphatic heterocycles.